The Hall–Kier alpha value is -11.5. The maximum atomic E-state index is 12.1. The summed E-state index contributed by atoms with van der Waals surface area (Å²) in [7, 11) is 24.0. The van der Waals surface area contributed by atoms with Crippen LogP contribution in [0.4, 0.5) is 34.1 Å². The van der Waals surface area contributed by atoms with Crippen molar-refractivity contribution in [3.8, 4) is 0 Å². The highest BCUT2D eigenvalue weighted by Gasteiger charge is 2.33. The number of aliphatic carboxylic acids is 1. The number of hydrogen-bond donors (Lipinski definition) is 1. The van der Waals surface area contributed by atoms with Crippen molar-refractivity contribution in [2.45, 2.75) is 118 Å². The van der Waals surface area contributed by atoms with Crippen LogP contribution < -0.4 is 29.4 Å². The molecule has 134 heavy (non-hydrogen) atoms. The molecule has 0 radical (unpaired) electrons. The Morgan fingerprint density at radius 1 is 0.381 bits per heavy atom. The fourth-order valence-electron chi connectivity index (χ4n) is 16.3. The van der Waals surface area contributed by atoms with Crippen LogP contribution in [0, 0.1) is 0 Å². The van der Waals surface area contributed by atoms with Gasteiger partial charge in [-0.15, -0.1) is 17.4 Å². The Bertz CT molecular complexity index is 5810. The number of carboxylic acid groups (broad SMARTS) is 1. The van der Waals surface area contributed by atoms with Gasteiger partial charge in [-0.2, -0.15) is 0 Å². The molecular weight excluding hydrogens is 1690 g/mol. The molecule has 13 rings (SSSR count). The number of hydrogen-bond acceptors (Lipinski definition) is 17. The molecule has 0 aromatic heterocycles. The van der Waals surface area contributed by atoms with Gasteiger partial charge in [-0.25, -0.2) is 18.5 Å². The summed E-state index contributed by atoms with van der Waals surface area (Å²) >= 11 is 3.89. The number of nitrogens with zero attached hydrogens (tertiary/aromatic N) is 14. The number of carbonyl (C=O) groups is 5. The van der Waals surface area contributed by atoms with Gasteiger partial charge in [0.2, 0.25) is 0 Å². The van der Waals surface area contributed by atoms with E-state index in [1.54, 1.807) is 148 Å². The minimum absolute atomic E-state index is 0. The van der Waals surface area contributed by atoms with Gasteiger partial charge < -0.3 is 49.0 Å². The van der Waals surface area contributed by atoms with Gasteiger partial charge in [-0.1, -0.05) is 120 Å². The van der Waals surface area contributed by atoms with E-state index in [1.807, 2.05) is 4.90 Å². The van der Waals surface area contributed by atoms with Crippen molar-refractivity contribution in [3.63, 3.8) is 0 Å². The lowest BCUT2D eigenvalue weighted by Gasteiger charge is -2.36. The third-order valence-corrected chi connectivity index (χ3v) is 24.4. The second-order valence-corrected chi connectivity index (χ2v) is 35.0. The predicted molar refractivity (Wildman–Crippen MR) is 562 cm³/mol. The molecule has 22 nitrogen and oxygen atoms in total. The van der Waals surface area contributed by atoms with Crippen LogP contribution in [0.5, 0.6) is 0 Å². The first-order chi connectivity index (χ1) is 69.6. The highest BCUT2D eigenvalue weighted by atomic mass is 35.5. The number of carboxylic acids is 1. The largest absolute Gasteiger partial charge is 0.481 e. The lowest BCUT2D eigenvalue weighted by Crippen LogP contribution is -2.46. The molecule has 6 aromatic rings. The first-order valence-electron chi connectivity index (χ1n) is 53.2. The lowest BCUT2D eigenvalue weighted by atomic mass is 9.90. The summed E-state index contributed by atoms with van der Waals surface area (Å²) in [4.78, 5) is 84.0. The maximum Gasteiger partial charge on any atom is 0.333 e. The minimum Gasteiger partial charge on any atom is -0.481 e. The molecule has 1 N–H and O–H groups in total. The molecule has 0 spiro atoms. The van der Waals surface area contributed by atoms with Gasteiger partial charge in [0.1, 0.15) is 43.5 Å². The summed E-state index contributed by atoms with van der Waals surface area (Å²) in [5.41, 5.74) is 15.9. The smallest absolute Gasteiger partial charge is 0.333 e. The van der Waals surface area contributed by atoms with Crippen molar-refractivity contribution < 1.29 is 68.8 Å². The fourth-order valence-corrected chi connectivity index (χ4v) is 16.3. The van der Waals surface area contributed by atoms with Crippen LogP contribution in [-0.4, -0.2) is 301 Å². The summed E-state index contributed by atoms with van der Waals surface area (Å²) in [5.74, 6) is -2.41. The second kappa shape index (κ2) is 55.3. The molecule has 0 atom stereocenters. The average Bonchev–Trinajstić information content (AvgIpc) is 0.786. The van der Waals surface area contributed by atoms with E-state index < -0.39 is 23.8 Å². The van der Waals surface area contributed by atoms with Gasteiger partial charge in [0.25, 0.3) is 11.8 Å². The highest BCUT2D eigenvalue weighted by Crippen LogP contribution is 2.37. The first kappa shape index (κ1) is 89.0. The molecule has 720 valence electrons. The summed E-state index contributed by atoms with van der Waals surface area (Å²) in [5, 5.41) is 9.40. The number of benzene rings is 6. The Labute approximate surface area is 825 Å². The van der Waals surface area contributed by atoms with Crippen LogP contribution in [0.1, 0.15) is 168 Å². The van der Waals surface area contributed by atoms with Crippen molar-refractivity contribution in [3.05, 3.63) is 268 Å². The molecule has 4 heterocycles. The molecule has 23 heteroatoms. The number of piperazine rings is 3. The number of amides is 2. The van der Waals surface area contributed by atoms with E-state index in [2.05, 4.69) is 173 Å². The normalized spacial score (nSPS) is 17.0. The highest BCUT2D eigenvalue weighted by molar-refractivity contribution is 6.06. The topological polar surface area (TPSA) is 169 Å². The molecule has 2 amide bonds. The zero-order chi connectivity index (χ0) is 107. The fraction of sp³-hybridized carbons (Fsp3) is 0.441. The lowest BCUT2D eigenvalue weighted by molar-refractivity contribution is -0.462. The zero-order valence-electron chi connectivity index (χ0n) is 94.4. The summed E-state index contributed by atoms with van der Waals surface area (Å²) in [6.45, 7) is 22.9. The number of halogens is 1. The Kier molecular flexibility index (Phi) is 36.8. The number of ether oxygens (including phenoxy) is 1. The molecule has 0 unspecified atom stereocenters. The van der Waals surface area contributed by atoms with Gasteiger partial charge in [-0.05, 0) is 254 Å². The van der Waals surface area contributed by atoms with Crippen LogP contribution in [0.3, 0.4) is 0 Å². The second-order valence-electron chi connectivity index (χ2n) is 35.0. The predicted octanol–water partition coefficient (Wildman–Crippen LogP) is 17.5. The molecule has 0 bridgehead atoms. The number of esters is 1. The number of methoxy groups -OCH3 is 1. The van der Waals surface area contributed by atoms with E-state index >= 15 is 0 Å². The summed E-state index contributed by atoms with van der Waals surface area (Å²) in [6.07, 6.45) is 24.3. The number of unbranched alkanes of at least 4 members (excludes halogenated alkanes) is 6. The van der Waals surface area contributed by atoms with Gasteiger partial charge in [-0.3, -0.25) is 33.9 Å². The number of imide groups is 1. The molecule has 0 saturated carbocycles. The third-order valence-electron chi connectivity index (χ3n) is 24.4. The molecule has 4 saturated heterocycles. The average molecular weight is 1860 g/mol. The van der Waals surface area contributed by atoms with E-state index in [1.165, 1.54) is 66.1 Å². The van der Waals surface area contributed by atoms with Crippen LogP contribution in [0.25, 0.3) is 16.7 Å². The standard InChI is InChI=1S/C37H46N5O4.C34H45N4O2.C33H42N4O2.C6H15N.CH4.ClH/c1-38(2)31-15-9-28(10-16-31)37(29-11-17-32(18-12-29)39(3)4)30-13-19-33(20-14-30)41-26-24-40(25-27-41)23-7-5-6-8-36(45)46-42-34(43)21-22-35(42)44;1-35(2)30-16-10-27(11-17-30)34(28-12-18-31(19-13-28)36(3)4)29-14-20-32(21-15-29)38-25-23-37(24-26-38)22-8-6-7-9-33(39)40-5;1-34(2)29-15-9-26(10-16-29)33(27-11-17-30(18-12-27)35(3)4)28-13-19-31(20-14-28)37-24-22-36(23-25-37)21-7-5-6-8-32(38)39;1-4-7(5-2)6-3;;/h9-20H,5-8,21-27H2,1-4H3;10-21H,6-9,22-26H2,1-5H3;9-20H,5-8,21-25H2,1-4H3;4-6H2,1-3H3;1H4;1H/q2*+1;;;;/p+1/i15D,16D,17D,18D,19D,20D;;15D,16D,17D,18D,19D,20D;;;/hD. The van der Waals surface area contributed by atoms with Crippen molar-refractivity contribution in [2.24, 2.45) is 0 Å². The number of hydroxylamine groups is 2. The van der Waals surface area contributed by atoms with Crippen LogP contribution in [-0.2, 0) is 33.5 Å². The van der Waals surface area contributed by atoms with E-state index in [9.17, 15) is 24.0 Å². The number of anilines is 6. The summed E-state index contributed by atoms with van der Waals surface area (Å²) < 4.78 is 121. The van der Waals surface area contributed by atoms with E-state index in [0.717, 1.165) is 117 Å². The quantitative estimate of drug-likeness (QED) is 0.0175. The van der Waals surface area contributed by atoms with Gasteiger partial charge in [0.05, 0.1) is 23.6 Å². The van der Waals surface area contributed by atoms with Crippen molar-refractivity contribution in [2.75, 3.05) is 239 Å². The van der Waals surface area contributed by atoms with Gasteiger partial charge >= 0.3 is 17.9 Å². The number of carbonyl (C=O) groups excluding carboxylic acids is 4. The Morgan fingerprint density at radius 2 is 0.687 bits per heavy atom. The zero-order valence-corrected chi connectivity index (χ0v) is 82.2. The summed E-state index contributed by atoms with van der Waals surface area (Å²) in [6, 6.07) is 33.3. The molecule has 4 fully saturated rings. The Balaban J connectivity index is 0.000000259. The molecule has 3 aliphatic carbocycles. The number of rotatable bonds is 34. The Morgan fingerprint density at radius 3 is 1.00 bits per heavy atom. The molecule has 6 aromatic carbocycles. The maximum absolute atomic E-state index is 12.1. The van der Waals surface area contributed by atoms with Crippen molar-refractivity contribution in [1.82, 2.24) is 24.7 Å². The third kappa shape index (κ3) is 32.7. The van der Waals surface area contributed by atoms with Gasteiger partial charge in [0, 0.05) is 223 Å². The van der Waals surface area contributed by atoms with Gasteiger partial charge in [0.15, 0.2) is 17.1 Å². The van der Waals surface area contributed by atoms with Crippen LogP contribution in [0.2, 0.25) is 0 Å². The first-order valence-corrected chi connectivity index (χ1v) is 46.8. The molecule has 7 aliphatic rings. The SMILES string of the molecule is C.CCN(CC)CC.COC(=O)CCCCCN1CCN(c2ccc(C(=C3C=CC(=[N+](C)C)C=C3)c3ccc(N(C)C)cc3)cc2)CC1.[2H]C1=CC(=C(c2cc([2H])c(N(C)C)c([2H])c2)c2cc([2H])c(N3CCN(CCCCCC(=O)O)CC3)c([2H])c2)C=C([2H])C1=[N+](C)C.[2H]C1=CC(=C(c2cc([2H])c(N(C)C)c([2H])c2)c2cc([2H])c(N3CCN(CCCCCC(=O)ON4C(=O)CCC4=O)CC3)c([2H])c2)C=C([2H])C1=[N+](C)C.[2H]Cl. The monoisotopic (exact) mass is 1860 g/mol. The van der Waals surface area contributed by atoms with Crippen LogP contribution >= 0.6 is 12.3 Å². The van der Waals surface area contributed by atoms with E-state index in [-0.39, 0.29) is 112 Å². The minimum atomic E-state index is -0.759. The van der Waals surface area contributed by atoms with Crippen LogP contribution in [0.15, 0.2) is 235 Å². The van der Waals surface area contributed by atoms with Crippen molar-refractivity contribution >= 4 is 110 Å². The van der Waals surface area contributed by atoms with E-state index in [0.29, 0.717) is 129 Å². The van der Waals surface area contributed by atoms with E-state index in [4.69, 9.17) is 32.3 Å². The molecule has 4 aliphatic heterocycles. The van der Waals surface area contributed by atoms with Crippen molar-refractivity contribution in [1.29, 1.82) is 1.17 Å². The number of allylic oxidation sites excluding steroid dienone is 15. The molecular formula is C111H154ClN14O8+3.